The Kier molecular flexibility index (Phi) is 5.36. The Balaban J connectivity index is 1.53. The number of fused-ring (bicyclic) bond motifs is 1. The smallest absolute Gasteiger partial charge is 0.392 e. The highest BCUT2D eigenvalue weighted by Crippen LogP contribution is 2.33. The Hall–Kier alpha value is -4.19. The van der Waals surface area contributed by atoms with E-state index in [1.165, 1.54) is 16.9 Å². The number of halogens is 3. The molecule has 12 heteroatoms. The summed E-state index contributed by atoms with van der Waals surface area (Å²) in [4.78, 5) is 19.5. The van der Waals surface area contributed by atoms with Crippen LogP contribution in [0, 0.1) is 0 Å². The number of aliphatic hydroxyl groups is 1. The molecule has 4 rings (SSSR count). The van der Waals surface area contributed by atoms with E-state index >= 15 is 0 Å². The summed E-state index contributed by atoms with van der Waals surface area (Å²) in [5.41, 5.74) is 7.72. The Morgan fingerprint density at radius 3 is 2.56 bits per heavy atom. The third-order valence-corrected chi connectivity index (χ3v) is 4.56. The molecule has 3 heterocycles. The molecule has 32 heavy (non-hydrogen) atoms. The summed E-state index contributed by atoms with van der Waals surface area (Å²) in [6.07, 6.45) is -1.67. The third kappa shape index (κ3) is 4.16. The van der Waals surface area contributed by atoms with Gasteiger partial charge in [0.05, 0.1) is 6.61 Å². The Labute approximate surface area is 178 Å². The number of aromatic nitrogens is 4. The molecule has 0 spiro atoms. The van der Waals surface area contributed by atoms with Crippen molar-refractivity contribution in [2.45, 2.75) is 12.8 Å². The summed E-state index contributed by atoms with van der Waals surface area (Å²) in [5.74, 6) is 0.00200. The van der Waals surface area contributed by atoms with E-state index in [1.54, 1.807) is 30.5 Å². The van der Waals surface area contributed by atoms with Crippen molar-refractivity contribution in [3.8, 4) is 11.1 Å². The number of aliphatic hydroxyl groups excluding tert-OH is 1. The fourth-order valence-corrected chi connectivity index (χ4v) is 3.19. The van der Waals surface area contributed by atoms with Crippen molar-refractivity contribution in [2.24, 2.45) is 0 Å². The largest absolute Gasteiger partial charge is 0.433 e. The fraction of sp³-hybridized carbons (Fsp3) is 0.100. The molecule has 0 unspecified atom stereocenters. The summed E-state index contributed by atoms with van der Waals surface area (Å²) in [6.45, 7) is -0.246. The van der Waals surface area contributed by atoms with Gasteiger partial charge in [-0.1, -0.05) is 18.2 Å². The lowest BCUT2D eigenvalue weighted by atomic mass is 10.0. The van der Waals surface area contributed by atoms with Gasteiger partial charge in [0.1, 0.15) is 23.4 Å². The van der Waals surface area contributed by atoms with Gasteiger partial charge in [-0.3, -0.25) is 5.32 Å². The average molecular weight is 443 g/mol. The van der Waals surface area contributed by atoms with Crippen molar-refractivity contribution in [2.75, 3.05) is 16.4 Å². The number of pyridine rings is 1. The van der Waals surface area contributed by atoms with Crippen LogP contribution in [0.25, 0.3) is 16.6 Å². The molecule has 0 aliphatic heterocycles. The molecule has 0 saturated heterocycles. The Morgan fingerprint density at radius 2 is 1.88 bits per heavy atom. The number of alkyl halides is 3. The fourth-order valence-electron chi connectivity index (χ4n) is 3.19. The van der Waals surface area contributed by atoms with Gasteiger partial charge in [0.2, 0.25) is 0 Å². The molecule has 3 aromatic heterocycles. The maximum Gasteiger partial charge on any atom is 0.433 e. The van der Waals surface area contributed by atoms with E-state index in [1.807, 2.05) is 0 Å². The Bertz CT molecular complexity index is 1290. The second-order valence-corrected chi connectivity index (χ2v) is 6.69. The minimum absolute atomic E-state index is 0.239. The van der Waals surface area contributed by atoms with E-state index in [0.717, 1.165) is 12.1 Å². The van der Waals surface area contributed by atoms with Crippen molar-refractivity contribution in [3.63, 3.8) is 0 Å². The lowest BCUT2D eigenvalue weighted by Crippen LogP contribution is -2.21. The second kappa shape index (κ2) is 8.15. The molecule has 0 saturated carbocycles. The summed E-state index contributed by atoms with van der Waals surface area (Å²) in [5, 5.41) is 18.6. The van der Waals surface area contributed by atoms with Crippen LogP contribution in [0.3, 0.4) is 0 Å². The van der Waals surface area contributed by atoms with E-state index in [4.69, 9.17) is 5.73 Å². The van der Waals surface area contributed by atoms with Crippen molar-refractivity contribution in [1.29, 1.82) is 0 Å². The van der Waals surface area contributed by atoms with Gasteiger partial charge in [-0.25, -0.2) is 19.3 Å². The first-order chi connectivity index (χ1) is 15.3. The van der Waals surface area contributed by atoms with Gasteiger partial charge >= 0.3 is 12.2 Å². The highest BCUT2D eigenvalue weighted by molar-refractivity contribution is 5.99. The number of hydrogen-bond acceptors (Lipinski definition) is 6. The van der Waals surface area contributed by atoms with Gasteiger partial charge in [0, 0.05) is 23.0 Å². The molecule has 0 atom stereocenters. The lowest BCUT2D eigenvalue weighted by Gasteiger charge is -2.10. The minimum atomic E-state index is -4.62. The molecule has 0 aliphatic carbocycles. The van der Waals surface area contributed by atoms with Crippen molar-refractivity contribution < 1.29 is 23.1 Å². The van der Waals surface area contributed by atoms with Crippen molar-refractivity contribution >= 4 is 28.9 Å². The highest BCUT2D eigenvalue weighted by Gasteiger charge is 2.32. The van der Waals surface area contributed by atoms with E-state index < -0.39 is 17.9 Å². The summed E-state index contributed by atoms with van der Waals surface area (Å²) < 4.78 is 39.8. The van der Waals surface area contributed by atoms with Crippen LogP contribution in [-0.2, 0) is 12.8 Å². The zero-order valence-electron chi connectivity index (χ0n) is 16.3. The van der Waals surface area contributed by atoms with Crippen molar-refractivity contribution in [1.82, 2.24) is 19.6 Å². The van der Waals surface area contributed by atoms with E-state index in [0.29, 0.717) is 27.9 Å². The minimum Gasteiger partial charge on any atom is -0.392 e. The van der Waals surface area contributed by atoms with Gasteiger partial charge in [0.25, 0.3) is 0 Å². The van der Waals surface area contributed by atoms with Crippen LogP contribution < -0.4 is 16.4 Å². The maximum absolute atomic E-state index is 12.8. The molecule has 5 N–H and O–H groups in total. The first-order valence-corrected chi connectivity index (χ1v) is 9.20. The third-order valence-electron chi connectivity index (χ3n) is 4.56. The summed E-state index contributed by atoms with van der Waals surface area (Å²) >= 11 is 0. The monoisotopic (exact) mass is 443 g/mol. The predicted octanol–water partition coefficient (Wildman–Crippen LogP) is 3.53. The number of anilines is 3. The number of nitrogens with zero attached hydrogens (tertiary/aromatic N) is 4. The van der Waals surface area contributed by atoms with Gasteiger partial charge < -0.3 is 16.2 Å². The van der Waals surface area contributed by atoms with Gasteiger partial charge in [-0.15, -0.1) is 0 Å². The highest BCUT2D eigenvalue weighted by atomic mass is 19.4. The Morgan fingerprint density at radius 1 is 1.12 bits per heavy atom. The normalized spacial score (nSPS) is 11.5. The quantitative estimate of drug-likeness (QED) is 0.382. The molecule has 9 nitrogen and oxygen atoms in total. The standard InChI is InChI=1S/C20H16F3N7O2/c21-20(22,23)14-2-1-3-15(28-14)29-19(32)27-13-6-4-11(5-7-13)16-12(9-31)8-30-17(16)18(24)25-10-26-30/h1-8,10,31H,9H2,(H2,24,25,26)(H2,27,28,29,32). The predicted molar refractivity (Wildman–Crippen MR) is 111 cm³/mol. The maximum atomic E-state index is 12.8. The second-order valence-electron chi connectivity index (χ2n) is 6.69. The topological polar surface area (TPSA) is 130 Å². The molecular weight excluding hydrogens is 427 g/mol. The molecular formula is C20H16F3N7O2. The van der Waals surface area contributed by atoms with Crippen LogP contribution >= 0.6 is 0 Å². The molecule has 0 bridgehead atoms. The number of rotatable bonds is 4. The molecule has 0 radical (unpaired) electrons. The van der Waals surface area contributed by atoms with Crippen LogP contribution in [0.1, 0.15) is 11.3 Å². The van der Waals surface area contributed by atoms with E-state index in [2.05, 4.69) is 25.7 Å². The average Bonchev–Trinajstić information content (AvgIpc) is 3.14. The number of hydrogen-bond donors (Lipinski definition) is 4. The van der Waals surface area contributed by atoms with E-state index in [9.17, 15) is 23.1 Å². The van der Waals surface area contributed by atoms with Crippen LogP contribution in [0.2, 0.25) is 0 Å². The van der Waals surface area contributed by atoms with Crippen LogP contribution in [0.5, 0.6) is 0 Å². The lowest BCUT2D eigenvalue weighted by molar-refractivity contribution is -0.141. The van der Waals surface area contributed by atoms with Crippen LogP contribution in [0.4, 0.5) is 35.3 Å². The zero-order chi connectivity index (χ0) is 22.9. The molecule has 0 fully saturated rings. The number of amides is 2. The van der Waals surface area contributed by atoms with Gasteiger partial charge in [-0.05, 0) is 29.8 Å². The van der Waals surface area contributed by atoms with Crippen molar-refractivity contribution in [3.05, 3.63) is 66.2 Å². The number of carbonyl (C=O) groups is 1. The first-order valence-electron chi connectivity index (χ1n) is 9.20. The SMILES string of the molecule is Nc1ncnn2cc(CO)c(-c3ccc(NC(=O)Nc4cccc(C(F)(F)F)n4)cc3)c12. The number of nitrogens with two attached hydrogens (primary N) is 1. The number of carbonyl (C=O) groups excluding carboxylic acids is 1. The van der Waals surface area contributed by atoms with Gasteiger partial charge in [-0.2, -0.15) is 18.3 Å². The number of benzene rings is 1. The molecule has 164 valence electrons. The molecule has 4 aromatic rings. The van der Waals surface area contributed by atoms with Crippen LogP contribution in [0.15, 0.2) is 55.0 Å². The molecule has 2 amide bonds. The van der Waals surface area contributed by atoms with Gasteiger partial charge in [0.15, 0.2) is 5.82 Å². The first kappa shape index (κ1) is 21.1. The summed E-state index contributed by atoms with van der Waals surface area (Å²) in [6, 6.07) is 9.03. The zero-order valence-corrected chi connectivity index (χ0v) is 16.3. The number of nitrogen functional groups attached to an aromatic ring is 1. The molecule has 1 aromatic carbocycles. The summed E-state index contributed by atoms with van der Waals surface area (Å²) in [7, 11) is 0. The number of nitrogens with one attached hydrogen (secondary N) is 2. The number of urea groups is 1. The van der Waals surface area contributed by atoms with E-state index in [-0.39, 0.29) is 18.2 Å². The van der Waals surface area contributed by atoms with Crippen LogP contribution in [-0.4, -0.2) is 30.7 Å². The molecule has 0 aliphatic rings.